The van der Waals surface area contributed by atoms with Crippen LogP contribution in [0.3, 0.4) is 0 Å². The minimum absolute atomic E-state index is 0.0425. The highest BCUT2D eigenvalue weighted by atomic mass is 32.1. The third-order valence-corrected chi connectivity index (χ3v) is 4.70. The Bertz CT molecular complexity index is 875. The van der Waals surface area contributed by atoms with Gasteiger partial charge in [-0.25, -0.2) is 4.98 Å². The first-order valence-electron chi connectivity index (χ1n) is 6.65. The molecule has 0 spiro atoms. The van der Waals surface area contributed by atoms with Gasteiger partial charge in [0.2, 0.25) is 0 Å². The molecular weight excluding hydrogens is 282 g/mol. The Labute approximate surface area is 125 Å². The number of hydrogen-bond acceptors (Lipinski definition) is 4. The fourth-order valence-corrected chi connectivity index (χ4v) is 3.66. The summed E-state index contributed by atoms with van der Waals surface area (Å²) in [6, 6.07) is 15.2. The van der Waals surface area contributed by atoms with Crippen LogP contribution in [-0.2, 0) is 11.2 Å². The summed E-state index contributed by atoms with van der Waals surface area (Å²) in [5.41, 5.74) is 2.79. The van der Waals surface area contributed by atoms with Gasteiger partial charge in [0, 0.05) is 12.0 Å². The van der Waals surface area contributed by atoms with Crippen molar-refractivity contribution in [1.29, 1.82) is 0 Å². The molecule has 3 aromatic rings. The van der Waals surface area contributed by atoms with Crippen molar-refractivity contribution in [2.45, 2.75) is 6.42 Å². The monoisotopic (exact) mass is 293 g/mol. The molecule has 1 aromatic heterocycles. The molecule has 0 atom stereocenters. The van der Waals surface area contributed by atoms with Crippen LogP contribution < -0.4 is 0 Å². The molecule has 4 heteroatoms. The number of benzene rings is 2. The average Bonchev–Trinajstić information content (AvgIpc) is 2.90. The van der Waals surface area contributed by atoms with Crippen LogP contribution >= 0.6 is 11.3 Å². The van der Waals surface area contributed by atoms with Crippen molar-refractivity contribution >= 4 is 38.7 Å². The lowest BCUT2D eigenvalue weighted by Gasteiger charge is -2.17. The molecule has 2 aromatic carbocycles. The first kappa shape index (κ1) is 12.3. The van der Waals surface area contributed by atoms with Crippen LogP contribution in [0.15, 0.2) is 48.5 Å². The minimum Gasteiger partial charge on any atom is -0.506 e. The molecule has 0 fully saturated rings. The van der Waals surface area contributed by atoms with Gasteiger partial charge in [-0.1, -0.05) is 36.4 Å². The van der Waals surface area contributed by atoms with Gasteiger partial charge < -0.3 is 5.11 Å². The quantitative estimate of drug-likeness (QED) is 0.741. The maximum atomic E-state index is 12.4. The van der Waals surface area contributed by atoms with E-state index in [0.717, 1.165) is 21.3 Å². The number of aromatic nitrogens is 1. The van der Waals surface area contributed by atoms with Crippen LogP contribution in [0.25, 0.3) is 21.5 Å². The van der Waals surface area contributed by atoms with Crippen molar-refractivity contribution in [2.75, 3.05) is 0 Å². The Hall–Kier alpha value is -2.46. The number of carbonyl (C=O) groups excluding carboxylic acids is 1. The zero-order valence-electron chi connectivity index (χ0n) is 11.0. The number of Topliss-reactive ketones (excluding diaryl/α,β-unsaturated/α-hetero) is 1. The zero-order valence-corrected chi connectivity index (χ0v) is 11.9. The van der Waals surface area contributed by atoms with E-state index in [1.807, 2.05) is 48.5 Å². The van der Waals surface area contributed by atoms with E-state index in [4.69, 9.17) is 0 Å². The molecule has 0 radical (unpaired) electrons. The van der Waals surface area contributed by atoms with Gasteiger partial charge in [-0.2, -0.15) is 0 Å². The number of para-hydroxylation sites is 1. The standard InChI is InChI=1S/C17H11NO2S/c19-13-9-10-5-1-2-6-11(10)16(20)15(13)17-18-12-7-3-4-8-14(12)21-17/h1-8,20H,9H2. The number of allylic oxidation sites excluding steroid dienone is 1. The smallest absolute Gasteiger partial charge is 0.174 e. The number of fused-ring (bicyclic) bond motifs is 2. The van der Waals surface area contributed by atoms with Crippen molar-refractivity contribution < 1.29 is 9.90 Å². The highest BCUT2D eigenvalue weighted by molar-refractivity contribution is 7.20. The number of aliphatic hydroxyl groups excluding tert-OH is 1. The molecule has 102 valence electrons. The van der Waals surface area contributed by atoms with Gasteiger partial charge in [0.15, 0.2) is 5.78 Å². The summed E-state index contributed by atoms with van der Waals surface area (Å²) in [7, 11) is 0. The molecule has 0 bridgehead atoms. The Kier molecular flexibility index (Phi) is 2.65. The summed E-state index contributed by atoms with van der Waals surface area (Å²) in [6.45, 7) is 0. The highest BCUT2D eigenvalue weighted by Gasteiger charge is 2.28. The molecule has 3 nitrogen and oxygen atoms in total. The molecule has 0 aliphatic heterocycles. The number of aliphatic hydroxyl groups is 1. The summed E-state index contributed by atoms with van der Waals surface area (Å²) >= 11 is 1.44. The van der Waals surface area contributed by atoms with E-state index in [2.05, 4.69) is 4.98 Å². The lowest BCUT2D eigenvalue weighted by atomic mass is 9.90. The fraction of sp³-hybridized carbons (Fsp3) is 0.0588. The van der Waals surface area contributed by atoms with Gasteiger partial charge in [0.05, 0.1) is 15.8 Å². The second kappa shape index (κ2) is 4.53. The first-order valence-corrected chi connectivity index (χ1v) is 7.46. The summed E-state index contributed by atoms with van der Waals surface area (Å²) in [5.74, 6) is -0.0360. The second-order valence-corrected chi connectivity index (χ2v) is 6.00. The third-order valence-electron chi connectivity index (χ3n) is 3.65. The van der Waals surface area contributed by atoms with E-state index in [0.29, 0.717) is 17.0 Å². The van der Waals surface area contributed by atoms with Gasteiger partial charge in [0.1, 0.15) is 10.8 Å². The molecule has 0 saturated carbocycles. The van der Waals surface area contributed by atoms with E-state index < -0.39 is 0 Å². The maximum Gasteiger partial charge on any atom is 0.174 e. The molecule has 4 rings (SSSR count). The Balaban J connectivity index is 1.96. The molecule has 1 heterocycles. The zero-order chi connectivity index (χ0) is 14.4. The van der Waals surface area contributed by atoms with Crippen molar-refractivity contribution in [3.05, 3.63) is 64.7 Å². The average molecular weight is 293 g/mol. The number of carbonyl (C=O) groups is 1. The fourth-order valence-electron chi connectivity index (χ4n) is 2.63. The van der Waals surface area contributed by atoms with Crippen LogP contribution in [0.2, 0.25) is 0 Å². The van der Waals surface area contributed by atoms with Crippen LogP contribution in [0, 0.1) is 0 Å². The Morgan fingerprint density at radius 1 is 1.05 bits per heavy atom. The SMILES string of the molecule is O=C1Cc2ccccc2C(O)=C1c1nc2ccccc2s1. The van der Waals surface area contributed by atoms with E-state index >= 15 is 0 Å². The Morgan fingerprint density at radius 3 is 2.67 bits per heavy atom. The van der Waals surface area contributed by atoms with Crippen molar-refractivity contribution in [3.63, 3.8) is 0 Å². The van der Waals surface area contributed by atoms with Crippen LogP contribution in [0.4, 0.5) is 0 Å². The minimum atomic E-state index is -0.0785. The van der Waals surface area contributed by atoms with Crippen LogP contribution in [-0.4, -0.2) is 15.9 Å². The lowest BCUT2D eigenvalue weighted by molar-refractivity contribution is -0.113. The summed E-state index contributed by atoms with van der Waals surface area (Å²) in [6.07, 6.45) is 0.311. The lowest BCUT2D eigenvalue weighted by Crippen LogP contribution is -2.14. The van der Waals surface area contributed by atoms with Gasteiger partial charge in [-0.05, 0) is 17.7 Å². The summed E-state index contributed by atoms with van der Waals surface area (Å²) in [4.78, 5) is 16.9. The van der Waals surface area contributed by atoms with Gasteiger partial charge >= 0.3 is 0 Å². The largest absolute Gasteiger partial charge is 0.506 e. The van der Waals surface area contributed by atoms with E-state index in [-0.39, 0.29) is 11.5 Å². The van der Waals surface area contributed by atoms with Gasteiger partial charge in [-0.3, -0.25) is 4.79 Å². The molecule has 1 aliphatic carbocycles. The van der Waals surface area contributed by atoms with E-state index in [1.54, 1.807) is 0 Å². The van der Waals surface area contributed by atoms with E-state index in [9.17, 15) is 9.90 Å². The summed E-state index contributed by atoms with van der Waals surface area (Å²) in [5, 5.41) is 11.1. The van der Waals surface area contributed by atoms with Crippen molar-refractivity contribution in [1.82, 2.24) is 4.98 Å². The highest BCUT2D eigenvalue weighted by Crippen LogP contribution is 2.36. The summed E-state index contributed by atoms with van der Waals surface area (Å²) < 4.78 is 1.01. The predicted octanol–water partition coefficient (Wildman–Crippen LogP) is 3.85. The molecule has 1 aliphatic rings. The Morgan fingerprint density at radius 2 is 1.81 bits per heavy atom. The predicted molar refractivity (Wildman–Crippen MR) is 84.2 cm³/mol. The van der Waals surface area contributed by atoms with Crippen LogP contribution in [0.5, 0.6) is 0 Å². The van der Waals surface area contributed by atoms with Crippen molar-refractivity contribution in [3.8, 4) is 0 Å². The molecule has 0 unspecified atom stereocenters. The van der Waals surface area contributed by atoms with Crippen LogP contribution in [0.1, 0.15) is 16.1 Å². The first-order chi connectivity index (χ1) is 10.2. The molecule has 1 N–H and O–H groups in total. The topological polar surface area (TPSA) is 50.2 Å². The van der Waals surface area contributed by atoms with Gasteiger partial charge in [0.25, 0.3) is 0 Å². The number of hydrogen-bond donors (Lipinski definition) is 1. The molecule has 21 heavy (non-hydrogen) atoms. The number of rotatable bonds is 1. The van der Waals surface area contributed by atoms with E-state index in [1.165, 1.54) is 11.3 Å². The molecule has 0 saturated heterocycles. The number of nitrogens with zero attached hydrogens (tertiary/aromatic N) is 1. The molecular formula is C17H11NO2S. The van der Waals surface area contributed by atoms with Crippen molar-refractivity contribution in [2.24, 2.45) is 0 Å². The maximum absolute atomic E-state index is 12.4. The molecule has 0 amide bonds. The number of ketones is 1. The normalized spacial score (nSPS) is 14.6. The second-order valence-electron chi connectivity index (χ2n) is 4.97. The van der Waals surface area contributed by atoms with Gasteiger partial charge in [-0.15, -0.1) is 11.3 Å². The number of thiazole rings is 1. The third kappa shape index (κ3) is 1.87.